The molecule has 0 aliphatic carbocycles. The molecule has 0 spiro atoms. The maximum atomic E-state index is 13.6. The zero-order valence-corrected chi connectivity index (χ0v) is 24.2. The van der Waals surface area contributed by atoms with E-state index in [0.717, 1.165) is 16.3 Å². The van der Waals surface area contributed by atoms with E-state index in [0.29, 0.717) is 40.0 Å². The fourth-order valence-electron chi connectivity index (χ4n) is 5.01. The van der Waals surface area contributed by atoms with Gasteiger partial charge in [-0.2, -0.15) is 5.26 Å². The lowest BCUT2D eigenvalue weighted by Crippen LogP contribution is -2.31. The second-order valence-electron chi connectivity index (χ2n) is 9.75. The molecule has 4 aromatic carbocycles. The Labute approximate surface area is 249 Å². The van der Waals surface area contributed by atoms with Gasteiger partial charge in [-0.3, -0.25) is 9.59 Å². The van der Waals surface area contributed by atoms with Crippen LogP contribution < -0.4 is 15.4 Å². The van der Waals surface area contributed by atoms with Crippen molar-refractivity contribution in [2.24, 2.45) is 10.9 Å². The number of hydrogen-bond donors (Lipinski definition) is 2. The van der Waals surface area contributed by atoms with Gasteiger partial charge in [0.05, 0.1) is 23.5 Å². The number of benzene rings is 4. The number of amides is 2. The van der Waals surface area contributed by atoms with Gasteiger partial charge in [-0.25, -0.2) is 4.99 Å². The van der Waals surface area contributed by atoms with Crippen molar-refractivity contribution in [3.05, 3.63) is 114 Å². The van der Waals surface area contributed by atoms with Crippen LogP contribution in [0.15, 0.2) is 113 Å². The molecule has 1 aliphatic rings. The van der Waals surface area contributed by atoms with Crippen LogP contribution in [0.3, 0.4) is 0 Å². The number of anilines is 2. The second kappa shape index (κ2) is 13.2. The van der Waals surface area contributed by atoms with Crippen molar-refractivity contribution in [2.45, 2.75) is 19.8 Å². The van der Waals surface area contributed by atoms with E-state index in [1.54, 1.807) is 6.92 Å². The van der Waals surface area contributed by atoms with Crippen molar-refractivity contribution >= 4 is 50.8 Å². The predicted octanol–water partition coefficient (Wildman–Crippen LogP) is 7.16. The number of para-hydroxylation sites is 1. The standard InChI is InChI=1S/C34H30N4O3S/c1-3-41-28-17-14-24(15-18-28)32-29(20-35)34(36-22(2)31(32)33(40)38-26-11-5-4-6-12-26)42-21-30(39)37-27-16-13-23-9-7-8-10-25(23)19-27/h4-19,29,32H,3,21H2,1-2H3,(H,37,39)(H,38,40). The van der Waals surface area contributed by atoms with Crippen molar-refractivity contribution in [3.8, 4) is 11.8 Å². The zero-order valence-electron chi connectivity index (χ0n) is 23.3. The van der Waals surface area contributed by atoms with E-state index >= 15 is 0 Å². The van der Waals surface area contributed by atoms with Crippen molar-refractivity contribution in [1.82, 2.24) is 0 Å². The molecule has 2 N–H and O–H groups in total. The summed E-state index contributed by atoms with van der Waals surface area (Å²) in [5, 5.41) is 18.9. The summed E-state index contributed by atoms with van der Waals surface area (Å²) in [6, 6.07) is 32.7. The van der Waals surface area contributed by atoms with Crippen LogP contribution in [0, 0.1) is 17.2 Å². The predicted molar refractivity (Wildman–Crippen MR) is 170 cm³/mol. The van der Waals surface area contributed by atoms with Gasteiger partial charge < -0.3 is 15.4 Å². The number of rotatable bonds is 8. The first-order chi connectivity index (χ1) is 20.5. The topological polar surface area (TPSA) is 104 Å². The molecular formula is C34H30N4O3S. The Morgan fingerprint density at radius 2 is 1.62 bits per heavy atom. The summed E-state index contributed by atoms with van der Waals surface area (Å²) in [6.07, 6.45) is 0. The van der Waals surface area contributed by atoms with Gasteiger partial charge in [-0.15, -0.1) is 0 Å². The van der Waals surface area contributed by atoms with Gasteiger partial charge in [0.2, 0.25) is 5.91 Å². The first-order valence-corrected chi connectivity index (χ1v) is 14.6. The Bertz CT molecular complexity index is 1710. The Morgan fingerprint density at radius 1 is 0.905 bits per heavy atom. The first-order valence-electron chi connectivity index (χ1n) is 13.7. The molecule has 1 heterocycles. The number of fused-ring (bicyclic) bond motifs is 1. The number of hydrogen-bond acceptors (Lipinski definition) is 6. The highest BCUT2D eigenvalue weighted by molar-refractivity contribution is 8.14. The molecule has 1 aliphatic heterocycles. The van der Waals surface area contributed by atoms with Crippen molar-refractivity contribution in [2.75, 3.05) is 23.0 Å². The molecule has 8 heteroatoms. The van der Waals surface area contributed by atoms with E-state index < -0.39 is 11.8 Å². The summed E-state index contributed by atoms with van der Waals surface area (Å²) in [5.74, 6) is -1.10. The summed E-state index contributed by atoms with van der Waals surface area (Å²) >= 11 is 1.22. The van der Waals surface area contributed by atoms with Gasteiger partial charge in [-0.05, 0) is 66.6 Å². The summed E-state index contributed by atoms with van der Waals surface area (Å²) in [5.41, 5.74) is 3.06. The molecule has 0 bridgehead atoms. The average Bonchev–Trinajstić information content (AvgIpc) is 3.00. The number of thioether (sulfide) groups is 1. The molecule has 0 saturated carbocycles. The molecule has 4 aromatic rings. The number of ether oxygens (including phenoxy) is 1. The number of nitrogens with one attached hydrogen (secondary N) is 2. The molecule has 5 rings (SSSR count). The highest BCUT2D eigenvalue weighted by Crippen LogP contribution is 2.42. The summed E-state index contributed by atoms with van der Waals surface area (Å²) in [4.78, 5) is 31.2. The lowest BCUT2D eigenvalue weighted by atomic mass is 9.78. The van der Waals surface area contributed by atoms with Crippen LogP contribution in [-0.2, 0) is 9.59 Å². The van der Waals surface area contributed by atoms with E-state index in [1.807, 2.05) is 104 Å². The first kappa shape index (κ1) is 28.7. The number of nitrogens with zero attached hydrogens (tertiary/aromatic N) is 2. The minimum atomic E-state index is -0.762. The molecule has 2 unspecified atom stereocenters. The van der Waals surface area contributed by atoms with Crippen LogP contribution in [0.2, 0.25) is 0 Å². The monoisotopic (exact) mass is 574 g/mol. The minimum absolute atomic E-state index is 0.0681. The van der Waals surface area contributed by atoms with Gasteiger partial charge in [0.15, 0.2) is 0 Å². The average molecular weight is 575 g/mol. The molecule has 210 valence electrons. The largest absolute Gasteiger partial charge is 0.494 e. The molecule has 7 nitrogen and oxygen atoms in total. The number of allylic oxidation sites excluding steroid dienone is 1. The normalized spacial score (nSPS) is 16.4. The summed E-state index contributed by atoms with van der Waals surface area (Å²) < 4.78 is 5.61. The van der Waals surface area contributed by atoms with Crippen LogP contribution in [0.5, 0.6) is 5.75 Å². The third-order valence-corrected chi connectivity index (χ3v) is 7.98. The Kier molecular flexibility index (Phi) is 9.00. The molecule has 2 amide bonds. The van der Waals surface area contributed by atoms with Crippen molar-refractivity contribution in [1.29, 1.82) is 5.26 Å². The molecular weight excluding hydrogens is 544 g/mol. The van der Waals surface area contributed by atoms with Crippen LogP contribution in [0.4, 0.5) is 11.4 Å². The number of carbonyl (C=O) groups excluding carboxylic acids is 2. The van der Waals surface area contributed by atoms with Gasteiger partial charge >= 0.3 is 0 Å². The number of aliphatic imine (C=N–C) groups is 1. The van der Waals surface area contributed by atoms with Crippen LogP contribution >= 0.6 is 11.8 Å². The van der Waals surface area contributed by atoms with Crippen molar-refractivity contribution in [3.63, 3.8) is 0 Å². The van der Waals surface area contributed by atoms with Crippen LogP contribution in [0.25, 0.3) is 10.8 Å². The van der Waals surface area contributed by atoms with Crippen LogP contribution in [0.1, 0.15) is 25.3 Å². The smallest absolute Gasteiger partial charge is 0.254 e. The van der Waals surface area contributed by atoms with Gasteiger partial charge in [0.1, 0.15) is 11.7 Å². The molecule has 0 aromatic heterocycles. The minimum Gasteiger partial charge on any atom is -0.494 e. The Morgan fingerprint density at radius 3 is 2.33 bits per heavy atom. The molecule has 0 saturated heterocycles. The third-order valence-electron chi connectivity index (χ3n) is 6.93. The second-order valence-corrected chi connectivity index (χ2v) is 10.8. The quantitative estimate of drug-likeness (QED) is 0.232. The lowest BCUT2D eigenvalue weighted by molar-refractivity contribution is -0.114. The van der Waals surface area contributed by atoms with Gasteiger partial charge in [0, 0.05) is 28.6 Å². The maximum Gasteiger partial charge on any atom is 0.254 e. The number of carbonyl (C=O) groups is 2. The van der Waals surface area contributed by atoms with E-state index in [1.165, 1.54) is 11.8 Å². The summed E-state index contributed by atoms with van der Waals surface area (Å²) in [7, 11) is 0. The van der Waals surface area contributed by atoms with Gasteiger partial charge in [0.25, 0.3) is 5.91 Å². The Balaban J connectivity index is 1.40. The SMILES string of the molecule is CCOc1ccc(C2C(C(=O)Nc3ccccc3)=C(C)N=C(SCC(=O)Nc3ccc4ccccc4c3)C2C#N)cc1. The molecule has 2 atom stereocenters. The zero-order chi connectivity index (χ0) is 29.5. The highest BCUT2D eigenvalue weighted by atomic mass is 32.2. The van der Waals surface area contributed by atoms with Gasteiger partial charge in [-0.1, -0.05) is 72.4 Å². The van der Waals surface area contributed by atoms with E-state index in [-0.39, 0.29) is 17.6 Å². The molecule has 0 radical (unpaired) electrons. The van der Waals surface area contributed by atoms with E-state index in [2.05, 4.69) is 16.7 Å². The maximum absolute atomic E-state index is 13.6. The number of nitriles is 1. The highest BCUT2D eigenvalue weighted by Gasteiger charge is 2.39. The molecule has 0 fully saturated rings. The fraction of sp³-hybridized carbons (Fsp3) is 0.176. The Hall–Kier alpha value is -4.87. The van der Waals surface area contributed by atoms with Crippen LogP contribution in [-0.4, -0.2) is 29.2 Å². The van der Waals surface area contributed by atoms with E-state index in [4.69, 9.17) is 9.73 Å². The fourth-order valence-corrected chi connectivity index (χ4v) is 5.93. The lowest BCUT2D eigenvalue weighted by Gasteiger charge is -2.30. The van der Waals surface area contributed by atoms with Crippen molar-refractivity contribution < 1.29 is 14.3 Å². The third kappa shape index (κ3) is 6.54. The van der Waals surface area contributed by atoms with E-state index in [9.17, 15) is 14.9 Å². The molecule has 42 heavy (non-hydrogen) atoms. The summed E-state index contributed by atoms with van der Waals surface area (Å²) in [6.45, 7) is 4.21.